The van der Waals surface area contributed by atoms with Crippen molar-refractivity contribution in [1.82, 2.24) is 5.32 Å². The van der Waals surface area contributed by atoms with Crippen molar-refractivity contribution in [2.75, 3.05) is 6.61 Å². The standard InChI is InChI=1S/C15H20ClNO4/c1-11(4-2-7-15(19)20)17-14(18)8-9-21-13-6-3-5-12(16)10-13/h3,5-6,10-11H,2,4,7-9H2,1H3,(H,17,18)(H,19,20). The topological polar surface area (TPSA) is 75.6 Å². The number of amides is 1. The van der Waals surface area contributed by atoms with Crippen molar-refractivity contribution in [1.29, 1.82) is 0 Å². The number of halogens is 1. The number of carboxylic acid groups (broad SMARTS) is 1. The second-order valence-electron chi connectivity index (χ2n) is 4.81. The quantitative estimate of drug-likeness (QED) is 0.735. The second kappa shape index (κ2) is 9.23. The van der Waals surface area contributed by atoms with Crippen molar-refractivity contribution in [3.63, 3.8) is 0 Å². The van der Waals surface area contributed by atoms with Crippen molar-refractivity contribution in [2.45, 2.75) is 38.6 Å². The third-order valence-electron chi connectivity index (χ3n) is 2.83. The molecule has 21 heavy (non-hydrogen) atoms. The number of carboxylic acids is 1. The van der Waals surface area contributed by atoms with Gasteiger partial charge in [-0.25, -0.2) is 0 Å². The van der Waals surface area contributed by atoms with E-state index in [2.05, 4.69) is 5.32 Å². The molecule has 1 aromatic rings. The SMILES string of the molecule is CC(CCCC(=O)O)NC(=O)CCOc1cccc(Cl)c1. The van der Waals surface area contributed by atoms with Crippen molar-refractivity contribution >= 4 is 23.5 Å². The summed E-state index contributed by atoms with van der Waals surface area (Å²) in [6.07, 6.45) is 1.57. The van der Waals surface area contributed by atoms with Gasteiger partial charge in [0.25, 0.3) is 0 Å². The van der Waals surface area contributed by atoms with E-state index in [-0.39, 0.29) is 31.4 Å². The Morgan fingerprint density at radius 3 is 2.81 bits per heavy atom. The summed E-state index contributed by atoms with van der Waals surface area (Å²) in [4.78, 5) is 22.1. The van der Waals surface area contributed by atoms with Crippen LogP contribution in [0, 0.1) is 0 Å². The molecule has 0 aromatic heterocycles. The number of hydrogen-bond acceptors (Lipinski definition) is 3. The molecule has 0 aliphatic carbocycles. The van der Waals surface area contributed by atoms with Gasteiger partial charge in [-0.2, -0.15) is 0 Å². The third-order valence-corrected chi connectivity index (χ3v) is 3.06. The van der Waals surface area contributed by atoms with Gasteiger partial charge in [0.15, 0.2) is 0 Å². The molecule has 1 unspecified atom stereocenters. The second-order valence-corrected chi connectivity index (χ2v) is 5.25. The van der Waals surface area contributed by atoms with Crippen LogP contribution >= 0.6 is 11.6 Å². The molecule has 1 atom stereocenters. The Morgan fingerprint density at radius 1 is 1.38 bits per heavy atom. The maximum atomic E-state index is 11.7. The van der Waals surface area contributed by atoms with Crippen LogP contribution in [-0.4, -0.2) is 29.6 Å². The number of rotatable bonds is 9. The maximum absolute atomic E-state index is 11.7. The number of carbonyl (C=O) groups is 2. The fourth-order valence-corrected chi connectivity index (χ4v) is 1.98. The van der Waals surface area contributed by atoms with E-state index in [9.17, 15) is 9.59 Å². The van der Waals surface area contributed by atoms with Gasteiger partial charge in [-0.3, -0.25) is 9.59 Å². The molecular formula is C15H20ClNO4. The molecule has 1 rings (SSSR count). The molecule has 6 heteroatoms. The first-order chi connectivity index (χ1) is 9.97. The zero-order chi connectivity index (χ0) is 15.7. The molecule has 0 saturated heterocycles. The summed E-state index contributed by atoms with van der Waals surface area (Å²) >= 11 is 5.82. The normalized spacial score (nSPS) is 11.7. The lowest BCUT2D eigenvalue weighted by molar-refractivity contribution is -0.137. The van der Waals surface area contributed by atoms with Crippen LogP contribution in [0.3, 0.4) is 0 Å². The van der Waals surface area contributed by atoms with Gasteiger partial charge in [0.1, 0.15) is 5.75 Å². The largest absolute Gasteiger partial charge is 0.493 e. The summed E-state index contributed by atoms with van der Waals surface area (Å²) in [6, 6.07) is 6.96. The van der Waals surface area contributed by atoms with Gasteiger partial charge in [-0.05, 0) is 38.0 Å². The minimum atomic E-state index is -0.816. The van der Waals surface area contributed by atoms with Crippen molar-refractivity contribution in [2.24, 2.45) is 0 Å². The Hall–Kier alpha value is -1.75. The highest BCUT2D eigenvalue weighted by molar-refractivity contribution is 6.30. The first kappa shape index (κ1) is 17.3. The molecule has 0 saturated carbocycles. The van der Waals surface area contributed by atoms with E-state index < -0.39 is 5.97 Å². The van der Waals surface area contributed by atoms with Crippen LogP contribution in [0.15, 0.2) is 24.3 Å². The van der Waals surface area contributed by atoms with Crippen molar-refractivity contribution in [3.8, 4) is 5.75 Å². The molecule has 1 aromatic carbocycles. The highest BCUT2D eigenvalue weighted by Crippen LogP contribution is 2.17. The molecule has 5 nitrogen and oxygen atoms in total. The van der Waals surface area contributed by atoms with Gasteiger partial charge in [-0.15, -0.1) is 0 Å². The summed E-state index contributed by atoms with van der Waals surface area (Å²) in [7, 11) is 0. The first-order valence-corrected chi connectivity index (χ1v) is 7.24. The summed E-state index contributed by atoms with van der Waals surface area (Å²) < 4.78 is 5.43. The average molecular weight is 314 g/mol. The Labute approximate surface area is 129 Å². The van der Waals surface area contributed by atoms with Gasteiger partial charge in [0, 0.05) is 17.5 Å². The van der Waals surface area contributed by atoms with Gasteiger partial charge < -0.3 is 15.2 Å². The van der Waals surface area contributed by atoms with Gasteiger partial charge in [0.2, 0.25) is 5.91 Å². The molecular weight excluding hydrogens is 294 g/mol. The zero-order valence-corrected chi connectivity index (χ0v) is 12.7. The summed E-state index contributed by atoms with van der Waals surface area (Å²) in [5.74, 6) is -0.298. The molecule has 0 heterocycles. The Kier molecular flexibility index (Phi) is 7.61. The van der Waals surface area contributed by atoms with E-state index in [1.807, 2.05) is 6.92 Å². The fourth-order valence-electron chi connectivity index (χ4n) is 1.80. The van der Waals surface area contributed by atoms with Crippen LogP contribution in [0.2, 0.25) is 5.02 Å². The van der Waals surface area contributed by atoms with E-state index in [0.29, 0.717) is 23.6 Å². The molecule has 0 radical (unpaired) electrons. The molecule has 0 fully saturated rings. The Morgan fingerprint density at radius 2 is 2.14 bits per heavy atom. The van der Waals surface area contributed by atoms with Crippen LogP contribution in [0.5, 0.6) is 5.75 Å². The molecule has 0 bridgehead atoms. The summed E-state index contributed by atoms with van der Waals surface area (Å²) in [6.45, 7) is 2.13. The van der Waals surface area contributed by atoms with Crippen molar-refractivity contribution < 1.29 is 19.4 Å². The lowest BCUT2D eigenvalue weighted by Gasteiger charge is -2.13. The number of benzene rings is 1. The molecule has 0 aliphatic heterocycles. The van der Waals surface area contributed by atoms with E-state index in [1.165, 1.54) is 0 Å². The van der Waals surface area contributed by atoms with Crippen LogP contribution in [0.25, 0.3) is 0 Å². The monoisotopic (exact) mass is 313 g/mol. The summed E-state index contributed by atoms with van der Waals surface area (Å²) in [5, 5.41) is 11.9. The lowest BCUT2D eigenvalue weighted by atomic mass is 10.1. The molecule has 116 valence electrons. The van der Waals surface area contributed by atoms with E-state index in [4.69, 9.17) is 21.4 Å². The van der Waals surface area contributed by atoms with E-state index in [1.54, 1.807) is 24.3 Å². The number of carbonyl (C=O) groups excluding carboxylic acids is 1. The van der Waals surface area contributed by atoms with Crippen LogP contribution in [0.1, 0.15) is 32.6 Å². The van der Waals surface area contributed by atoms with Gasteiger partial charge in [0.05, 0.1) is 13.0 Å². The van der Waals surface area contributed by atoms with Gasteiger partial charge in [-0.1, -0.05) is 17.7 Å². The number of hydrogen-bond donors (Lipinski definition) is 2. The van der Waals surface area contributed by atoms with E-state index >= 15 is 0 Å². The number of ether oxygens (including phenoxy) is 1. The minimum absolute atomic E-state index is 0.0389. The van der Waals surface area contributed by atoms with Crippen LogP contribution < -0.4 is 10.1 Å². The van der Waals surface area contributed by atoms with Crippen LogP contribution in [-0.2, 0) is 9.59 Å². The number of aliphatic carboxylic acids is 1. The zero-order valence-electron chi connectivity index (χ0n) is 12.0. The molecule has 0 spiro atoms. The van der Waals surface area contributed by atoms with Crippen LogP contribution in [0.4, 0.5) is 0 Å². The smallest absolute Gasteiger partial charge is 0.303 e. The first-order valence-electron chi connectivity index (χ1n) is 6.87. The molecule has 0 aliphatic rings. The van der Waals surface area contributed by atoms with Crippen molar-refractivity contribution in [3.05, 3.63) is 29.3 Å². The predicted molar refractivity (Wildman–Crippen MR) is 80.7 cm³/mol. The predicted octanol–water partition coefficient (Wildman–Crippen LogP) is 2.87. The average Bonchev–Trinajstić information content (AvgIpc) is 2.38. The van der Waals surface area contributed by atoms with E-state index in [0.717, 1.165) is 0 Å². The minimum Gasteiger partial charge on any atom is -0.493 e. The summed E-state index contributed by atoms with van der Waals surface area (Å²) in [5.41, 5.74) is 0. The molecule has 2 N–H and O–H groups in total. The third kappa shape index (κ3) is 8.19. The lowest BCUT2D eigenvalue weighted by Crippen LogP contribution is -2.33. The Bertz CT molecular complexity index is 478. The Balaban J connectivity index is 2.17. The number of nitrogens with one attached hydrogen (secondary N) is 1. The van der Waals surface area contributed by atoms with Gasteiger partial charge >= 0.3 is 5.97 Å². The maximum Gasteiger partial charge on any atom is 0.303 e. The highest BCUT2D eigenvalue weighted by Gasteiger charge is 2.08. The fraction of sp³-hybridized carbons (Fsp3) is 0.467. The highest BCUT2D eigenvalue weighted by atomic mass is 35.5. The molecule has 1 amide bonds.